The first-order valence-electron chi connectivity index (χ1n) is 9.34. The van der Waals surface area contributed by atoms with Crippen LogP contribution in [0, 0.1) is 23.7 Å². The fourth-order valence-electron chi connectivity index (χ4n) is 5.18. The topological polar surface area (TPSA) is 44.8 Å². The van der Waals surface area contributed by atoms with E-state index in [4.69, 9.17) is 14.2 Å². The maximum absolute atomic E-state index is 11.5. The Bertz CT molecular complexity index is 650. The van der Waals surface area contributed by atoms with Crippen molar-refractivity contribution in [2.45, 2.75) is 45.1 Å². The Morgan fingerprint density at radius 1 is 1.08 bits per heavy atom. The standard InChI is InChI=1S/C21H26O4/c1-13(2)21(22)25-16-8-6-15(7-9-16)23-12-24-20-11-14-10-19(20)18-5-3-4-17(14)18/h6-9,14,17-20H,1,3-5,10-12H2,2H3. The lowest BCUT2D eigenvalue weighted by Gasteiger charge is -2.31. The van der Waals surface area contributed by atoms with E-state index in [0.29, 0.717) is 17.4 Å². The monoisotopic (exact) mass is 342 g/mol. The van der Waals surface area contributed by atoms with E-state index in [2.05, 4.69) is 6.58 Å². The van der Waals surface area contributed by atoms with Crippen LogP contribution in [0.25, 0.3) is 0 Å². The first-order chi connectivity index (χ1) is 12.1. The molecule has 1 aromatic rings. The van der Waals surface area contributed by atoms with Crippen molar-refractivity contribution in [1.82, 2.24) is 0 Å². The molecule has 25 heavy (non-hydrogen) atoms. The summed E-state index contributed by atoms with van der Waals surface area (Å²) in [4.78, 5) is 11.5. The highest BCUT2D eigenvalue weighted by atomic mass is 16.7. The quantitative estimate of drug-likeness (QED) is 0.334. The fraction of sp³-hybridized carbons (Fsp3) is 0.571. The molecule has 2 bridgehead atoms. The SMILES string of the molecule is C=C(C)C(=O)Oc1ccc(OCOC2CC3CC2C2CCCC32)cc1. The van der Waals surface area contributed by atoms with Gasteiger partial charge in [0.05, 0.1) is 6.10 Å². The van der Waals surface area contributed by atoms with E-state index < -0.39 is 5.97 Å². The number of carbonyl (C=O) groups excluding carboxylic acids is 1. The molecule has 5 atom stereocenters. The van der Waals surface area contributed by atoms with Crippen molar-refractivity contribution in [2.75, 3.05) is 6.79 Å². The molecule has 4 rings (SSSR count). The van der Waals surface area contributed by atoms with Crippen LogP contribution in [0.1, 0.15) is 39.0 Å². The maximum atomic E-state index is 11.5. The van der Waals surface area contributed by atoms with Crippen LogP contribution >= 0.6 is 0 Å². The molecule has 3 aliphatic carbocycles. The van der Waals surface area contributed by atoms with Crippen molar-refractivity contribution in [3.63, 3.8) is 0 Å². The maximum Gasteiger partial charge on any atom is 0.338 e. The van der Waals surface area contributed by atoms with Crippen LogP contribution in [0.3, 0.4) is 0 Å². The molecule has 0 aromatic heterocycles. The fourth-order valence-corrected chi connectivity index (χ4v) is 5.18. The summed E-state index contributed by atoms with van der Waals surface area (Å²) in [7, 11) is 0. The minimum absolute atomic E-state index is 0.288. The van der Waals surface area contributed by atoms with Crippen LogP contribution in [0.2, 0.25) is 0 Å². The van der Waals surface area contributed by atoms with Gasteiger partial charge in [0.25, 0.3) is 0 Å². The summed E-state index contributed by atoms with van der Waals surface area (Å²) in [6.45, 7) is 5.48. The van der Waals surface area contributed by atoms with Crippen molar-refractivity contribution < 1.29 is 19.0 Å². The van der Waals surface area contributed by atoms with E-state index >= 15 is 0 Å². The summed E-state index contributed by atoms with van der Waals surface area (Å²) in [6, 6.07) is 7.02. The van der Waals surface area contributed by atoms with Gasteiger partial charge in [-0.15, -0.1) is 0 Å². The zero-order valence-corrected chi connectivity index (χ0v) is 14.8. The van der Waals surface area contributed by atoms with Crippen molar-refractivity contribution in [1.29, 1.82) is 0 Å². The second kappa shape index (κ2) is 6.83. The van der Waals surface area contributed by atoms with E-state index in [0.717, 1.165) is 29.4 Å². The van der Waals surface area contributed by atoms with Crippen molar-refractivity contribution in [3.8, 4) is 11.5 Å². The molecule has 0 saturated heterocycles. The predicted octanol–water partition coefficient (Wildman–Crippen LogP) is 4.35. The Morgan fingerprint density at radius 3 is 2.56 bits per heavy atom. The Morgan fingerprint density at radius 2 is 1.80 bits per heavy atom. The van der Waals surface area contributed by atoms with Gasteiger partial charge in [0.1, 0.15) is 11.5 Å². The lowest BCUT2D eigenvalue weighted by Crippen LogP contribution is -2.31. The third-order valence-corrected chi connectivity index (χ3v) is 6.26. The number of esters is 1. The first kappa shape index (κ1) is 16.6. The zero-order chi connectivity index (χ0) is 17.4. The van der Waals surface area contributed by atoms with Gasteiger partial charge in [-0.05, 0) is 80.5 Å². The summed E-state index contributed by atoms with van der Waals surface area (Å²) < 4.78 is 16.9. The lowest BCUT2D eigenvalue weighted by molar-refractivity contribution is -0.130. The molecule has 0 aliphatic heterocycles. The highest BCUT2D eigenvalue weighted by molar-refractivity contribution is 5.88. The lowest BCUT2D eigenvalue weighted by atomic mass is 9.80. The first-order valence-corrected chi connectivity index (χ1v) is 9.34. The molecular weight excluding hydrogens is 316 g/mol. The van der Waals surface area contributed by atoms with Gasteiger partial charge in [-0.2, -0.15) is 0 Å². The molecule has 4 heteroatoms. The molecule has 4 nitrogen and oxygen atoms in total. The number of carbonyl (C=O) groups is 1. The Balaban J connectivity index is 1.24. The number of rotatable bonds is 6. The minimum atomic E-state index is -0.418. The molecule has 3 fully saturated rings. The van der Waals surface area contributed by atoms with Crippen molar-refractivity contribution in [3.05, 3.63) is 36.4 Å². The molecule has 5 unspecified atom stereocenters. The van der Waals surface area contributed by atoms with E-state index in [-0.39, 0.29) is 6.79 Å². The number of hydrogen-bond donors (Lipinski definition) is 0. The van der Waals surface area contributed by atoms with Gasteiger partial charge >= 0.3 is 5.97 Å². The Hall–Kier alpha value is -1.81. The van der Waals surface area contributed by atoms with Gasteiger partial charge in [0.15, 0.2) is 6.79 Å². The second-order valence-electron chi connectivity index (χ2n) is 7.76. The normalized spacial score (nSPS) is 32.4. The van der Waals surface area contributed by atoms with Crippen LogP contribution in [-0.4, -0.2) is 18.9 Å². The Kier molecular flexibility index (Phi) is 4.55. The van der Waals surface area contributed by atoms with Gasteiger partial charge in [-0.3, -0.25) is 0 Å². The van der Waals surface area contributed by atoms with E-state index in [1.165, 1.54) is 32.1 Å². The van der Waals surface area contributed by atoms with E-state index in [9.17, 15) is 4.79 Å². The van der Waals surface area contributed by atoms with E-state index in [1.54, 1.807) is 31.2 Å². The molecule has 0 heterocycles. The number of benzene rings is 1. The second-order valence-corrected chi connectivity index (χ2v) is 7.76. The highest BCUT2D eigenvalue weighted by Gasteiger charge is 2.54. The minimum Gasteiger partial charge on any atom is -0.468 e. The third-order valence-electron chi connectivity index (χ3n) is 6.26. The summed E-state index contributed by atoms with van der Waals surface area (Å²) in [5.74, 6) is 4.33. The highest BCUT2D eigenvalue weighted by Crippen LogP contribution is 2.59. The Labute approximate surface area is 149 Å². The molecule has 1 aromatic carbocycles. The van der Waals surface area contributed by atoms with Gasteiger partial charge < -0.3 is 14.2 Å². The van der Waals surface area contributed by atoms with Crippen LogP contribution in [-0.2, 0) is 9.53 Å². The van der Waals surface area contributed by atoms with Crippen molar-refractivity contribution in [2.24, 2.45) is 23.7 Å². The van der Waals surface area contributed by atoms with E-state index in [1.807, 2.05) is 0 Å². The van der Waals surface area contributed by atoms with Crippen LogP contribution in [0.5, 0.6) is 11.5 Å². The summed E-state index contributed by atoms with van der Waals surface area (Å²) in [5, 5.41) is 0. The number of hydrogen-bond acceptors (Lipinski definition) is 4. The third kappa shape index (κ3) is 3.32. The largest absolute Gasteiger partial charge is 0.468 e. The molecule has 0 amide bonds. The molecule has 3 saturated carbocycles. The van der Waals surface area contributed by atoms with Gasteiger partial charge in [0, 0.05) is 5.57 Å². The van der Waals surface area contributed by atoms with Crippen LogP contribution in [0.4, 0.5) is 0 Å². The average Bonchev–Trinajstić information content (AvgIpc) is 3.29. The predicted molar refractivity (Wildman–Crippen MR) is 94.3 cm³/mol. The molecule has 0 radical (unpaired) electrons. The molecule has 0 spiro atoms. The van der Waals surface area contributed by atoms with Gasteiger partial charge in [-0.1, -0.05) is 13.0 Å². The molecular formula is C21H26O4. The summed E-state index contributed by atoms with van der Waals surface area (Å²) >= 11 is 0. The van der Waals surface area contributed by atoms with Gasteiger partial charge in [-0.25, -0.2) is 4.79 Å². The molecule has 3 aliphatic rings. The number of ether oxygens (including phenoxy) is 3. The summed E-state index contributed by atoms with van der Waals surface area (Å²) in [5.41, 5.74) is 0.379. The molecule has 134 valence electrons. The van der Waals surface area contributed by atoms with Crippen LogP contribution in [0.15, 0.2) is 36.4 Å². The molecule has 0 N–H and O–H groups in total. The average molecular weight is 342 g/mol. The number of fused-ring (bicyclic) bond motifs is 5. The van der Waals surface area contributed by atoms with Gasteiger partial charge in [0.2, 0.25) is 0 Å². The van der Waals surface area contributed by atoms with Crippen LogP contribution < -0.4 is 9.47 Å². The van der Waals surface area contributed by atoms with Crippen molar-refractivity contribution >= 4 is 5.97 Å². The zero-order valence-electron chi connectivity index (χ0n) is 14.8. The smallest absolute Gasteiger partial charge is 0.338 e. The summed E-state index contributed by atoms with van der Waals surface area (Å²) in [6.07, 6.45) is 7.20.